The van der Waals surface area contributed by atoms with Crippen LogP contribution in [0.2, 0.25) is 0 Å². The van der Waals surface area contributed by atoms with Crippen molar-refractivity contribution in [2.24, 2.45) is 0 Å². The molecule has 7 nitrogen and oxygen atoms in total. The maximum atomic E-state index is 13.1. The SMILES string of the molecule is Cc1nc(N2CCN(C)CC2)ncc1C(=O)N1CCN(c2ccc(F)cc2)CC1. The van der Waals surface area contributed by atoms with Gasteiger partial charge in [0.25, 0.3) is 5.91 Å². The van der Waals surface area contributed by atoms with Crippen LogP contribution in [0.25, 0.3) is 0 Å². The van der Waals surface area contributed by atoms with Gasteiger partial charge in [0.1, 0.15) is 5.82 Å². The summed E-state index contributed by atoms with van der Waals surface area (Å²) in [4.78, 5) is 30.6. The molecule has 154 valence electrons. The average Bonchev–Trinajstić information content (AvgIpc) is 2.74. The van der Waals surface area contributed by atoms with Gasteiger partial charge in [-0.15, -0.1) is 0 Å². The second-order valence-electron chi connectivity index (χ2n) is 7.72. The molecule has 4 rings (SSSR count). The monoisotopic (exact) mass is 398 g/mol. The van der Waals surface area contributed by atoms with Crippen LogP contribution in [-0.2, 0) is 0 Å². The highest BCUT2D eigenvalue weighted by Crippen LogP contribution is 2.19. The lowest BCUT2D eigenvalue weighted by Crippen LogP contribution is -2.49. The summed E-state index contributed by atoms with van der Waals surface area (Å²) < 4.78 is 13.1. The number of aromatic nitrogens is 2. The third-order valence-electron chi connectivity index (χ3n) is 5.74. The Morgan fingerprint density at radius 3 is 2.17 bits per heavy atom. The normalized spacial score (nSPS) is 18.2. The molecule has 0 spiro atoms. The number of likely N-dealkylation sites (N-methyl/N-ethyl adjacent to an activating group) is 1. The Kier molecular flexibility index (Phi) is 5.62. The van der Waals surface area contributed by atoms with Crippen LogP contribution in [0.15, 0.2) is 30.5 Å². The van der Waals surface area contributed by atoms with E-state index in [1.807, 2.05) is 11.8 Å². The van der Waals surface area contributed by atoms with Crippen LogP contribution in [0.3, 0.4) is 0 Å². The van der Waals surface area contributed by atoms with Gasteiger partial charge in [-0.25, -0.2) is 14.4 Å². The van der Waals surface area contributed by atoms with Gasteiger partial charge in [-0.2, -0.15) is 0 Å². The molecule has 2 saturated heterocycles. The van der Waals surface area contributed by atoms with E-state index in [4.69, 9.17) is 0 Å². The van der Waals surface area contributed by atoms with Gasteiger partial charge < -0.3 is 19.6 Å². The number of rotatable bonds is 3. The molecule has 0 aliphatic carbocycles. The smallest absolute Gasteiger partial charge is 0.257 e. The fourth-order valence-electron chi connectivity index (χ4n) is 3.81. The van der Waals surface area contributed by atoms with Gasteiger partial charge in [-0.05, 0) is 38.2 Å². The van der Waals surface area contributed by atoms with Crippen LogP contribution < -0.4 is 9.80 Å². The average molecular weight is 398 g/mol. The highest BCUT2D eigenvalue weighted by molar-refractivity contribution is 5.95. The van der Waals surface area contributed by atoms with Gasteiger partial charge in [0.2, 0.25) is 5.95 Å². The molecule has 1 aromatic carbocycles. The fourth-order valence-corrected chi connectivity index (χ4v) is 3.81. The molecule has 2 aromatic rings. The Bertz CT molecular complexity index is 858. The number of amides is 1. The standard InChI is InChI=1S/C21H27FN6O/c1-16-19(15-23-21(24-16)28-9-7-25(2)8-10-28)20(29)27-13-11-26(12-14-27)18-5-3-17(22)4-6-18/h3-6,15H,7-14H2,1-2H3. The van der Waals surface area contributed by atoms with E-state index in [2.05, 4.69) is 31.7 Å². The van der Waals surface area contributed by atoms with Gasteiger partial charge in [0.05, 0.1) is 11.3 Å². The van der Waals surface area contributed by atoms with Crippen molar-refractivity contribution in [3.8, 4) is 0 Å². The molecule has 0 unspecified atom stereocenters. The van der Waals surface area contributed by atoms with E-state index in [-0.39, 0.29) is 11.7 Å². The molecule has 0 radical (unpaired) electrons. The molecule has 0 atom stereocenters. The number of hydrogen-bond acceptors (Lipinski definition) is 6. The number of anilines is 2. The molecule has 29 heavy (non-hydrogen) atoms. The van der Waals surface area contributed by atoms with Crippen LogP contribution in [0, 0.1) is 12.7 Å². The van der Waals surface area contributed by atoms with Crippen molar-refractivity contribution in [2.75, 3.05) is 69.2 Å². The van der Waals surface area contributed by atoms with Crippen molar-refractivity contribution in [1.82, 2.24) is 19.8 Å². The highest BCUT2D eigenvalue weighted by atomic mass is 19.1. The first kappa shape index (κ1) is 19.6. The quantitative estimate of drug-likeness (QED) is 0.784. The fraction of sp³-hybridized carbons (Fsp3) is 0.476. The van der Waals surface area contributed by atoms with Gasteiger partial charge in [0.15, 0.2) is 0 Å². The van der Waals surface area contributed by atoms with Crippen molar-refractivity contribution in [1.29, 1.82) is 0 Å². The summed E-state index contributed by atoms with van der Waals surface area (Å²) in [7, 11) is 2.11. The van der Waals surface area contributed by atoms with Crippen molar-refractivity contribution < 1.29 is 9.18 Å². The molecular formula is C21H27FN6O. The third kappa shape index (κ3) is 4.32. The zero-order valence-corrected chi connectivity index (χ0v) is 17.0. The lowest BCUT2D eigenvalue weighted by atomic mass is 10.2. The van der Waals surface area contributed by atoms with Gasteiger partial charge in [-0.1, -0.05) is 0 Å². The largest absolute Gasteiger partial charge is 0.368 e. The molecule has 0 N–H and O–H groups in total. The number of benzene rings is 1. The molecule has 8 heteroatoms. The van der Waals surface area contributed by atoms with Crippen LogP contribution in [-0.4, -0.2) is 85.1 Å². The number of piperazine rings is 2. The van der Waals surface area contributed by atoms with Crippen molar-refractivity contribution in [3.05, 3.63) is 47.5 Å². The number of nitrogens with zero attached hydrogens (tertiary/aromatic N) is 6. The molecule has 0 bridgehead atoms. The molecule has 0 saturated carbocycles. The molecule has 3 heterocycles. The van der Waals surface area contributed by atoms with E-state index >= 15 is 0 Å². The van der Waals surface area contributed by atoms with E-state index in [0.717, 1.165) is 50.6 Å². The van der Waals surface area contributed by atoms with Crippen LogP contribution in [0.5, 0.6) is 0 Å². The van der Waals surface area contributed by atoms with Gasteiger partial charge in [0, 0.05) is 64.2 Å². The number of halogens is 1. The minimum atomic E-state index is -0.238. The summed E-state index contributed by atoms with van der Waals surface area (Å²) in [6.07, 6.45) is 1.67. The summed E-state index contributed by atoms with van der Waals surface area (Å²) in [6, 6.07) is 6.49. The third-order valence-corrected chi connectivity index (χ3v) is 5.74. The summed E-state index contributed by atoms with van der Waals surface area (Å²) in [5.41, 5.74) is 2.27. The molecule has 2 aliphatic rings. The Labute approximate surface area is 170 Å². The Hall–Kier alpha value is -2.74. The first-order chi connectivity index (χ1) is 14.0. The minimum Gasteiger partial charge on any atom is -0.368 e. The first-order valence-corrected chi connectivity index (χ1v) is 10.1. The Morgan fingerprint density at radius 1 is 0.931 bits per heavy atom. The molecule has 2 aliphatic heterocycles. The first-order valence-electron chi connectivity index (χ1n) is 10.1. The number of hydrogen-bond donors (Lipinski definition) is 0. The maximum absolute atomic E-state index is 13.1. The van der Waals surface area contributed by atoms with Crippen molar-refractivity contribution in [3.63, 3.8) is 0 Å². The zero-order valence-electron chi connectivity index (χ0n) is 17.0. The predicted octanol–water partition coefficient (Wildman–Crippen LogP) is 1.64. The van der Waals surface area contributed by atoms with Crippen LogP contribution >= 0.6 is 0 Å². The summed E-state index contributed by atoms with van der Waals surface area (Å²) in [5, 5.41) is 0. The maximum Gasteiger partial charge on any atom is 0.257 e. The number of carbonyl (C=O) groups is 1. The zero-order chi connectivity index (χ0) is 20.4. The van der Waals surface area contributed by atoms with Gasteiger partial charge in [-0.3, -0.25) is 4.79 Å². The van der Waals surface area contributed by atoms with Crippen LogP contribution in [0.4, 0.5) is 16.0 Å². The topological polar surface area (TPSA) is 55.8 Å². The van der Waals surface area contributed by atoms with E-state index in [1.54, 1.807) is 18.3 Å². The van der Waals surface area contributed by atoms with Crippen molar-refractivity contribution >= 4 is 17.5 Å². The summed E-state index contributed by atoms with van der Waals surface area (Å²) in [6.45, 7) is 8.33. The van der Waals surface area contributed by atoms with E-state index in [9.17, 15) is 9.18 Å². The van der Waals surface area contributed by atoms with Crippen molar-refractivity contribution in [2.45, 2.75) is 6.92 Å². The number of aryl methyl sites for hydroxylation is 1. The molecule has 1 aromatic heterocycles. The summed E-state index contributed by atoms with van der Waals surface area (Å²) in [5.74, 6) is 0.442. The second-order valence-corrected chi connectivity index (χ2v) is 7.72. The lowest BCUT2D eigenvalue weighted by Gasteiger charge is -2.36. The molecule has 1 amide bonds. The Balaban J connectivity index is 1.39. The molecular weight excluding hydrogens is 371 g/mol. The molecule has 2 fully saturated rings. The second kappa shape index (κ2) is 8.32. The minimum absolute atomic E-state index is 0.0221. The van der Waals surface area contributed by atoms with Crippen LogP contribution in [0.1, 0.15) is 16.1 Å². The van der Waals surface area contributed by atoms with Gasteiger partial charge >= 0.3 is 0 Å². The van der Waals surface area contributed by atoms with E-state index in [0.29, 0.717) is 24.6 Å². The summed E-state index contributed by atoms with van der Waals surface area (Å²) >= 11 is 0. The highest BCUT2D eigenvalue weighted by Gasteiger charge is 2.25. The predicted molar refractivity (Wildman–Crippen MR) is 111 cm³/mol. The lowest BCUT2D eigenvalue weighted by molar-refractivity contribution is 0.0745. The van der Waals surface area contributed by atoms with E-state index in [1.165, 1.54) is 12.1 Å². The number of carbonyl (C=O) groups excluding carboxylic acids is 1. The van der Waals surface area contributed by atoms with E-state index < -0.39 is 0 Å². The Morgan fingerprint density at radius 2 is 1.55 bits per heavy atom.